The summed E-state index contributed by atoms with van der Waals surface area (Å²) < 4.78 is 4.94. The fourth-order valence-electron chi connectivity index (χ4n) is 1.04. The van der Waals surface area contributed by atoms with Gasteiger partial charge >= 0.3 is 0 Å². The predicted octanol–water partition coefficient (Wildman–Crippen LogP) is 1.76. The molecule has 0 fully saturated rings. The maximum Gasteiger partial charge on any atom is 0.207 e. The predicted molar refractivity (Wildman–Crippen MR) is 71.8 cm³/mol. The molecule has 5 nitrogen and oxygen atoms in total. The van der Waals surface area contributed by atoms with Gasteiger partial charge < -0.3 is 15.4 Å². The molecular formula is C9H18N4OS2. The van der Waals surface area contributed by atoms with Crippen LogP contribution in [0.3, 0.4) is 0 Å². The van der Waals surface area contributed by atoms with E-state index in [-0.39, 0.29) is 0 Å². The zero-order chi connectivity index (χ0) is 11.6. The first-order chi connectivity index (χ1) is 7.86. The Labute approximate surface area is 104 Å². The standard InChI is InChI=1S/C9H18N4OS2/c1-14-6-5-11-9-13-12-8(16-9)10-4-3-7-15-2/h3-7H2,1-2H3,(H,10,12)(H,11,13). The Hall–Kier alpha value is -0.530. The summed E-state index contributed by atoms with van der Waals surface area (Å²) in [6.07, 6.45) is 3.26. The first-order valence-corrected chi connectivity index (χ1v) is 7.37. The van der Waals surface area contributed by atoms with Crippen LogP contribution in [0.5, 0.6) is 0 Å². The number of aromatic nitrogens is 2. The highest BCUT2D eigenvalue weighted by Gasteiger charge is 2.01. The van der Waals surface area contributed by atoms with Crippen molar-refractivity contribution >= 4 is 33.4 Å². The number of hydrogen-bond donors (Lipinski definition) is 2. The van der Waals surface area contributed by atoms with E-state index in [1.807, 2.05) is 11.8 Å². The molecule has 1 rings (SSSR count). The van der Waals surface area contributed by atoms with Crippen molar-refractivity contribution in [2.45, 2.75) is 6.42 Å². The van der Waals surface area contributed by atoms with Gasteiger partial charge in [-0.3, -0.25) is 0 Å². The van der Waals surface area contributed by atoms with E-state index >= 15 is 0 Å². The first kappa shape index (κ1) is 13.5. The maximum absolute atomic E-state index is 4.94. The van der Waals surface area contributed by atoms with E-state index in [2.05, 4.69) is 27.1 Å². The Balaban J connectivity index is 2.17. The Bertz CT molecular complexity index is 282. The molecular weight excluding hydrogens is 244 g/mol. The van der Waals surface area contributed by atoms with Gasteiger partial charge in [-0.15, -0.1) is 10.2 Å². The molecule has 0 radical (unpaired) electrons. The lowest BCUT2D eigenvalue weighted by Crippen LogP contribution is -2.06. The van der Waals surface area contributed by atoms with Crippen molar-refractivity contribution in [1.29, 1.82) is 0 Å². The summed E-state index contributed by atoms with van der Waals surface area (Å²) in [6.45, 7) is 2.39. The van der Waals surface area contributed by atoms with E-state index in [4.69, 9.17) is 4.74 Å². The number of rotatable bonds is 9. The van der Waals surface area contributed by atoms with Crippen LogP contribution in [0.25, 0.3) is 0 Å². The zero-order valence-corrected chi connectivity index (χ0v) is 11.3. The third kappa shape index (κ3) is 5.53. The van der Waals surface area contributed by atoms with Gasteiger partial charge in [0, 0.05) is 20.2 Å². The molecule has 1 aromatic heterocycles. The molecule has 7 heteroatoms. The monoisotopic (exact) mass is 262 g/mol. The SMILES string of the molecule is COCCNc1nnc(NCCCSC)s1. The maximum atomic E-state index is 4.94. The van der Waals surface area contributed by atoms with Crippen molar-refractivity contribution in [2.24, 2.45) is 0 Å². The smallest absolute Gasteiger partial charge is 0.207 e. The summed E-state index contributed by atoms with van der Waals surface area (Å²) in [5.41, 5.74) is 0. The summed E-state index contributed by atoms with van der Waals surface area (Å²) >= 11 is 3.39. The normalized spacial score (nSPS) is 10.4. The lowest BCUT2D eigenvalue weighted by molar-refractivity contribution is 0.211. The molecule has 2 N–H and O–H groups in total. The van der Waals surface area contributed by atoms with Crippen molar-refractivity contribution in [3.8, 4) is 0 Å². The second-order valence-electron chi connectivity index (χ2n) is 3.11. The van der Waals surface area contributed by atoms with E-state index in [0.29, 0.717) is 6.61 Å². The molecule has 0 saturated heterocycles. The average molecular weight is 262 g/mol. The number of anilines is 2. The van der Waals surface area contributed by atoms with Crippen LogP contribution < -0.4 is 10.6 Å². The number of ether oxygens (including phenoxy) is 1. The van der Waals surface area contributed by atoms with Gasteiger partial charge in [-0.05, 0) is 18.4 Å². The Morgan fingerprint density at radius 1 is 1.25 bits per heavy atom. The van der Waals surface area contributed by atoms with Crippen LogP contribution in [-0.2, 0) is 4.74 Å². The summed E-state index contributed by atoms with van der Waals surface area (Å²) in [4.78, 5) is 0. The van der Waals surface area contributed by atoms with E-state index in [9.17, 15) is 0 Å². The Kier molecular flexibility index (Phi) is 7.28. The molecule has 0 aliphatic rings. The molecule has 1 aromatic rings. The minimum atomic E-state index is 0.677. The van der Waals surface area contributed by atoms with Gasteiger partial charge in [0.05, 0.1) is 6.61 Å². The van der Waals surface area contributed by atoms with Gasteiger partial charge in [0.15, 0.2) is 0 Å². The third-order valence-electron chi connectivity index (χ3n) is 1.81. The van der Waals surface area contributed by atoms with Crippen LogP contribution in [0.4, 0.5) is 10.3 Å². The van der Waals surface area contributed by atoms with Gasteiger partial charge in [0.25, 0.3) is 0 Å². The van der Waals surface area contributed by atoms with Crippen molar-refractivity contribution in [3.63, 3.8) is 0 Å². The van der Waals surface area contributed by atoms with Crippen LogP contribution in [0.15, 0.2) is 0 Å². The second kappa shape index (κ2) is 8.60. The van der Waals surface area contributed by atoms with E-state index < -0.39 is 0 Å². The van der Waals surface area contributed by atoms with Crippen LogP contribution in [-0.4, -0.2) is 49.0 Å². The largest absolute Gasteiger partial charge is 0.383 e. The second-order valence-corrected chi connectivity index (χ2v) is 5.07. The number of nitrogens with zero attached hydrogens (tertiary/aromatic N) is 2. The quantitative estimate of drug-likeness (QED) is 0.661. The van der Waals surface area contributed by atoms with Gasteiger partial charge in [0.2, 0.25) is 10.3 Å². The molecule has 0 aromatic carbocycles. The molecule has 0 atom stereocenters. The van der Waals surface area contributed by atoms with Crippen molar-refractivity contribution in [2.75, 3.05) is 49.4 Å². The van der Waals surface area contributed by atoms with Gasteiger partial charge in [-0.25, -0.2) is 0 Å². The molecule has 0 unspecified atom stereocenters. The molecule has 0 aliphatic heterocycles. The molecule has 0 aliphatic carbocycles. The average Bonchev–Trinajstić information content (AvgIpc) is 2.73. The molecule has 92 valence electrons. The van der Waals surface area contributed by atoms with Crippen molar-refractivity contribution < 1.29 is 4.74 Å². The van der Waals surface area contributed by atoms with E-state index in [1.54, 1.807) is 7.11 Å². The fraction of sp³-hybridized carbons (Fsp3) is 0.778. The fourth-order valence-corrected chi connectivity index (χ4v) is 2.17. The minimum absolute atomic E-state index is 0.677. The summed E-state index contributed by atoms with van der Waals surface area (Å²) in [7, 11) is 1.68. The van der Waals surface area contributed by atoms with Crippen LogP contribution in [0.1, 0.15) is 6.42 Å². The van der Waals surface area contributed by atoms with Crippen LogP contribution in [0, 0.1) is 0 Å². The number of methoxy groups -OCH3 is 1. The number of hydrogen-bond acceptors (Lipinski definition) is 7. The number of nitrogens with one attached hydrogen (secondary N) is 2. The number of thioether (sulfide) groups is 1. The highest BCUT2D eigenvalue weighted by Crippen LogP contribution is 2.19. The van der Waals surface area contributed by atoms with Gasteiger partial charge in [0.1, 0.15) is 0 Å². The molecule has 0 amide bonds. The van der Waals surface area contributed by atoms with E-state index in [1.165, 1.54) is 17.1 Å². The van der Waals surface area contributed by atoms with Crippen molar-refractivity contribution in [3.05, 3.63) is 0 Å². The summed E-state index contributed by atoms with van der Waals surface area (Å²) in [6, 6.07) is 0. The highest BCUT2D eigenvalue weighted by atomic mass is 32.2. The lowest BCUT2D eigenvalue weighted by Gasteiger charge is -2.00. The lowest BCUT2D eigenvalue weighted by atomic mass is 10.5. The molecule has 0 spiro atoms. The Morgan fingerprint density at radius 2 is 1.94 bits per heavy atom. The third-order valence-corrected chi connectivity index (χ3v) is 3.34. The first-order valence-electron chi connectivity index (χ1n) is 5.16. The minimum Gasteiger partial charge on any atom is -0.383 e. The molecule has 1 heterocycles. The summed E-state index contributed by atoms with van der Waals surface area (Å²) in [5.74, 6) is 1.17. The molecule has 0 saturated carbocycles. The zero-order valence-electron chi connectivity index (χ0n) is 9.65. The van der Waals surface area contributed by atoms with Crippen LogP contribution >= 0.6 is 23.1 Å². The molecule has 16 heavy (non-hydrogen) atoms. The molecule has 0 bridgehead atoms. The Morgan fingerprint density at radius 3 is 2.56 bits per heavy atom. The topological polar surface area (TPSA) is 59.1 Å². The summed E-state index contributed by atoms with van der Waals surface area (Å²) in [5, 5.41) is 16.2. The van der Waals surface area contributed by atoms with Crippen LogP contribution in [0.2, 0.25) is 0 Å². The van der Waals surface area contributed by atoms with Gasteiger partial charge in [-0.2, -0.15) is 11.8 Å². The van der Waals surface area contributed by atoms with Gasteiger partial charge in [-0.1, -0.05) is 11.3 Å². The highest BCUT2D eigenvalue weighted by molar-refractivity contribution is 7.98. The van der Waals surface area contributed by atoms with Crippen molar-refractivity contribution in [1.82, 2.24) is 10.2 Å². The van der Waals surface area contributed by atoms with E-state index in [0.717, 1.165) is 29.8 Å².